The molecular weight excluding hydrogens is 315 g/mol. The first kappa shape index (κ1) is 17.4. The molecule has 0 unspecified atom stereocenters. The summed E-state index contributed by atoms with van der Waals surface area (Å²) in [6.07, 6.45) is 0. The van der Waals surface area contributed by atoms with Crippen LogP contribution in [0.2, 0.25) is 0 Å². The third-order valence-electron chi connectivity index (χ3n) is 3.28. The van der Waals surface area contributed by atoms with Crippen LogP contribution in [0.15, 0.2) is 36.4 Å². The molecule has 0 atom stereocenters. The van der Waals surface area contributed by atoms with Gasteiger partial charge in [-0.15, -0.1) is 0 Å². The molecule has 0 saturated carbocycles. The van der Waals surface area contributed by atoms with Gasteiger partial charge in [-0.3, -0.25) is 0 Å². The number of halogens is 1. The molecule has 2 aromatic carbocycles. The summed E-state index contributed by atoms with van der Waals surface area (Å²) in [4.78, 5) is 11.9. The standard InChI is InChI=1S/C17H19FN2O4/c1-22-14-8-11(9-15(23-2)16(14)24-3)10-19-17(21)20-13-6-4-12(18)5-7-13/h4-9H,10H2,1-3H3,(H2,19,20,21). The first-order valence-corrected chi connectivity index (χ1v) is 7.16. The molecule has 0 aliphatic rings. The van der Waals surface area contributed by atoms with Gasteiger partial charge >= 0.3 is 6.03 Å². The minimum Gasteiger partial charge on any atom is -0.493 e. The number of hydrogen-bond acceptors (Lipinski definition) is 4. The van der Waals surface area contributed by atoms with Gasteiger partial charge in [-0.1, -0.05) is 0 Å². The van der Waals surface area contributed by atoms with Crippen LogP contribution < -0.4 is 24.8 Å². The first-order valence-electron chi connectivity index (χ1n) is 7.16. The van der Waals surface area contributed by atoms with Gasteiger partial charge in [0.25, 0.3) is 0 Å². The summed E-state index contributed by atoms with van der Waals surface area (Å²) in [5.41, 5.74) is 1.28. The van der Waals surface area contributed by atoms with E-state index in [2.05, 4.69) is 10.6 Å². The van der Waals surface area contributed by atoms with Crippen LogP contribution in [-0.2, 0) is 6.54 Å². The first-order chi connectivity index (χ1) is 11.6. The summed E-state index contributed by atoms with van der Waals surface area (Å²) in [5, 5.41) is 5.32. The van der Waals surface area contributed by atoms with Crippen molar-refractivity contribution in [3.63, 3.8) is 0 Å². The number of hydrogen-bond donors (Lipinski definition) is 2. The van der Waals surface area contributed by atoms with E-state index in [-0.39, 0.29) is 12.4 Å². The molecule has 2 amide bonds. The maximum atomic E-state index is 12.8. The lowest BCUT2D eigenvalue weighted by Crippen LogP contribution is -2.28. The molecule has 2 rings (SSSR count). The Morgan fingerprint density at radius 3 is 2.08 bits per heavy atom. The number of nitrogens with one attached hydrogen (secondary N) is 2. The van der Waals surface area contributed by atoms with Crippen LogP contribution in [-0.4, -0.2) is 27.4 Å². The summed E-state index contributed by atoms with van der Waals surface area (Å²) in [6, 6.07) is 8.60. The van der Waals surface area contributed by atoms with Crippen LogP contribution in [0.25, 0.3) is 0 Å². The van der Waals surface area contributed by atoms with Crippen molar-refractivity contribution in [2.45, 2.75) is 6.54 Å². The van der Waals surface area contributed by atoms with E-state index in [4.69, 9.17) is 14.2 Å². The van der Waals surface area contributed by atoms with E-state index in [1.54, 1.807) is 12.1 Å². The smallest absolute Gasteiger partial charge is 0.319 e. The van der Waals surface area contributed by atoms with E-state index in [0.717, 1.165) is 5.56 Å². The maximum Gasteiger partial charge on any atom is 0.319 e. The van der Waals surface area contributed by atoms with Gasteiger partial charge in [-0.25, -0.2) is 9.18 Å². The highest BCUT2D eigenvalue weighted by Crippen LogP contribution is 2.38. The zero-order valence-corrected chi connectivity index (χ0v) is 13.7. The summed E-state index contributed by atoms with van der Waals surface area (Å²) < 4.78 is 28.6. The highest BCUT2D eigenvalue weighted by molar-refractivity contribution is 5.89. The van der Waals surface area contributed by atoms with Gasteiger partial charge in [0.1, 0.15) is 5.82 Å². The van der Waals surface area contributed by atoms with Gasteiger partial charge in [0.05, 0.1) is 21.3 Å². The molecule has 0 aliphatic heterocycles. The highest BCUT2D eigenvalue weighted by atomic mass is 19.1. The summed E-state index contributed by atoms with van der Waals surface area (Å²) in [7, 11) is 4.57. The monoisotopic (exact) mass is 334 g/mol. The van der Waals surface area contributed by atoms with Crippen molar-refractivity contribution in [1.82, 2.24) is 5.32 Å². The van der Waals surface area contributed by atoms with Crippen molar-refractivity contribution < 1.29 is 23.4 Å². The Balaban J connectivity index is 2.03. The molecule has 0 saturated heterocycles. The number of anilines is 1. The fraction of sp³-hybridized carbons (Fsp3) is 0.235. The quantitative estimate of drug-likeness (QED) is 0.851. The molecular formula is C17H19FN2O4. The molecule has 7 heteroatoms. The summed E-state index contributed by atoms with van der Waals surface area (Å²) >= 11 is 0. The highest BCUT2D eigenvalue weighted by Gasteiger charge is 2.13. The number of methoxy groups -OCH3 is 3. The molecule has 0 bridgehead atoms. The van der Waals surface area contributed by atoms with Crippen LogP contribution >= 0.6 is 0 Å². The molecule has 2 aromatic rings. The average molecular weight is 334 g/mol. The van der Waals surface area contributed by atoms with E-state index in [9.17, 15) is 9.18 Å². The fourth-order valence-corrected chi connectivity index (χ4v) is 2.13. The molecule has 24 heavy (non-hydrogen) atoms. The third-order valence-corrected chi connectivity index (χ3v) is 3.28. The predicted molar refractivity (Wildman–Crippen MR) is 88.4 cm³/mol. The zero-order valence-electron chi connectivity index (χ0n) is 13.7. The number of amides is 2. The number of urea groups is 1. The fourth-order valence-electron chi connectivity index (χ4n) is 2.13. The Morgan fingerprint density at radius 1 is 1.00 bits per heavy atom. The molecule has 2 N–H and O–H groups in total. The van der Waals surface area contributed by atoms with Gasteiger partial charge < -0.3 is 24.8 Å². The summed E-state index contributed by atoms with van der Waals surface area (Å²) in [5.74, 6) is 1.14. The Labute approximate surface area is 139 Å². The van der Waals surface area contributed by atoms with Crippen LogP contribution in [0, 0.1) is 5.82 Å². The molecule has 0 radical (unpaired) electrons. The van der Waals surface area contributed by atoms with Gasteiger partial charge in [0, 0.05) is 12.2 Å². The van der Waals surface area contributed by atoms with E-state index in [1.807, 2.05) is 0 Å². The topological polar surface area (TPSA) is 68.8 Å². The molecule has 0 aliphatic carbocycles. The van der Waals surface area contributed by atoms with Crippen molar-refractivity contribution in [3.05, 3.63) is 47.8 Å². The minimum atomic E-state index is -0.407. The Morgan fingerprint density at radius 2 is 1.58 bits per heavy atom. The zero-order chi connectivity index (χ0) is 17.5. The lowest BCUT2D eigenvalue weighted by atomic mass is 10.2. The second kappa shape index (κ2) is 8.05. The van der Waals surface area contributed by atoms with E-state index in [0.29, 0.717) is 22.9 Å². The third kappa shape index (κ3) is 4.28. The lowest BCUT2D eigenvalue weighted by Gasteiger charge is -2.14. The van der Waals surface area contributed by atoms with Gasteiger partial charge in [0.15, 0.2) is 11.5 Å². The van der Waals surface area contributed by atoms with E-state index in [1.165, 1.54) is 45.6 Å². The SMILES string of the molecule is COc1cc(CNC(=O)Nc2ccc(F)cc2)cc(OC)c1OC. The average Bonchev–Trinajstić information content (AvgIpc) is 2.60. The van der Waals surface area contributed by atoms with Crippen LogP contribution in [0.5, 0.6) is 17.2 Å². The van der Waals surface area contributed by atoms with Crippen molar-refractivity contribution in [2.24, 2.45) is 0 Å². The van der Waals surface area contributed by atoms with E-state index < -0.39 is 6.03 Å². The molecule has 0 spiro atoms. The van der Waals surface area contributed by atoms with Crippen molar-refractivity contribution in [2.75, 3.05) is 26.6 Å². The van der Waals surface area contributed by atoms with Crippen molar-refractivity contribution in [1.29, 1.82) is 0 Å². The largest absolute Gasteiger partial charge is 0.493 e. The van der Waals surface area contributed by atoms with Crippen molar-refractivity contribution in [3.8, 4) is 17.2 Å². The lowest BCUT2D eigenvalue weighted by molar-refractivity contribution is 0.251. The Bertz CT molecular complexity index is 679. The normalized spacial score (nSPS) is 10.0. The predicted octanol–water partition coefficient (Wildman–Crippen LogP) is 3.17. The summed E-state index contributed by atoms with van der Waals surface area (Å²) in [6.45, 7) is 0.254. The molecule has 6 nitrogen and oxygen atoms in total. The molecule has 0 aromatic heterocycles. The number of benzene rings is 2. The number of ether oxygens (including phenoxy) is 3. The minimum absolute atomic E-state index is 0.254. The van der Waals surface area contributed by atoms with Gasteiger partial charge in [-0.2, -0.15) is 0 Å². The number of carbonyl (C=O) groups is 1. The van der Waals surface area contributed by atoms with Gasteiger partial charge in [0.2, 0.25) is 5.75 Å². The molecule has 0 heterocycles. The second-order valence-corrected chi connectivity index (χ2v) is 4.85. The van der Waals surface area contributed by atoms with Crippen molar-refractivity contribution >= 4 is 11.7 Å². The molecule has 128 valence electrons. The maximum absolute atomic E-state index is 12.8. The Hall–Kier alpha value is -2.96. The van der Waals surface area contributed by atoms with Gasteiger partial charge in [-0.05, 0) is 42.0 Å². The number of rotatable bonds is 6. The second-order valence-electron chi connectivity index (χ2n) is 4.85. The number of carbonyl (C=O) groups excluding carboxylic acids is 1. The van der Waals surface area contributed by atoms with Crippen LogP contribution in [0.3, 0.4) is 0 Å². The van der Waals surface area contributed by atoms with Crippen LogP contribution in [0.4, 0.5) is 14.9 Å². The van der Waals surface area contributed by atoms with E-state index >= 15 is 0 Å². The molecule has 0 fully saturated rings. The Kier molecular flexibility index (Phi) is 5.83. The van der Waals surface area contributed by atoms with Crippen LogP contribution in [0.1, 0.15) is 5.56 Å².